The second kappa shape index (κ2) is 7.73. The summed E-state index contributed by atoms with van der Waals surface area (Å²) in [5, 5.41) is 8.42. The van der Waals surface area contributed by atoms with E-state index in [9.17, 15) is 13.2 Å². The van der Waals surface area contributed by atoms with Crippen molar-refractivity contribution in [3.8, 4) is 6.07 Å². The third-order valence-corrected chi connectivity index (χ3v) is 4.82. The van der Waals surface area contributed by atoms with E-state index in [1.54, 1.807) is 13.0 Å². The number of esters is 1. The van der Waals surface area contributed by atoms with Crippen LogP contribution in [-0.2, 0) is 14.8 Å². The first-order chi connectivity index (χ1) is 11.4. The highest BCUT2D eigenvalue weighted by Crippen LogP contribution is 2.18. The molecule has 7 heteroatoms. The third kappa shape index (κ3) is 4.41. The van der Waals surface area contributed by atoms with Gasteiger partial charge in [0.05, 0.1) is 10.5 Å². The number of nitriles is 1. The maximum Gasteiger partial charge on any atom is 0.339 e. The van der Waals surface area contributed by atoms with E-state index in [2.05, 4.69) is 9.46 Å². The van der Waals surface area contributed by atoms with Crippen molar-refractivity contribution in [1.82, 2.24) is 4.72 Å². The maximum absolute atomic E-state index is 12.5. The summed E-state index contributed by atoms with van der Waals surface area (Å²) in [5.74, 6) is -0.746. The molecule has 0 aliphatic rings. The van der Waals surface area contributed by atoms with E-state index in [1.165, 1.54) is 24.3 Å². The number of nitrogens with zero attached hydrogens (tertiary/aromatic N) is 1. The SMILES string of the molecule is C[C@H](NS(=O)(=O)c1cccc(C(=O)OCC#N)c1)c1ccccc1. The number of hydrogen-bond acceptors (Lipinski definition) is 5. The molecular formula is C17H16N2O4S. The molecule has 0 saturated carbocycles. The number of rotatable bonds is 6. The summed E-state index contributed by atoms with van der Waals surface area (Å²) in [6.45, 7) is 1.34. The van der Waals surface area contributed by atoms with Crippen LogP contribution in [0.25, 0.3) is 0 Å². The molecule has 6 nitrogen and oxygen atoms in total. The molecule has 0 saturated heterocycles. The Balaban J connectivity index is 2.20. The van der Waals surface area contributed by atoms with Crippen molar-refractivity contribution in [2.24, 2.45) is 0 Å². The first kappa shape index (κ1) is 17.7. The van der Waals surface area contributed by atoms with Crippen LogP contribution >= 0.6 is 0 Å². The van der Waals surface area contributed by atoms with Gasteiger partial charge in [0, 0.05) is 6.04 Å². The first-order valence-corrected chi connectivity index (χ1v) is 8.64. The summed E-state index contributed by atoms with van der Waals surface area (Å²) < 4.78 is 32.2. The molecule has 2 rings (SSSR count). The van der Waals surface area contributed by atoms with Crippen LogP contribution in [0.1, 0.15) is 28.9 Å². The molecule has 124 valence electrons. The lowest BCUT2D eigenvalue weighted by molar-refractivity contribution is 0.0554. The highest BCUT2D eigenvalue weighted by molar-refractivity contribution is 7.89. The minimum absolute atomic E-state index is 0.0447. The van der Waals surface area contributed by atoms with E-state index in [0.29, 0.717) is 0 Å². The van der Waals surface area contributed by atoms with Gasteiger partial charge in [-0.3, -0.25) is 0 Å². The van der Waals surface area contributed by atoms with Crippen LogP contribution in [0.4, 0.5) is 0 Å². The van der Waals surface area contributed by atoms with Gasteiger partial charge < -0.3 is 4.74 Å². The fraction of sp³-hybridized carbons (Fsp3) is 0.176. The zero-order valence-electron chi connectivity index (χ0n) is 13.0. The minimum Gasteiger partial charge on any atom is -0.447 e. The van der Waals surface area contributed by atoms with Crippen LogP contribution in [0.3, 0.4) is 0 Å². The Kier molecular flexibility index (Phi) is 5.68. The van der Waals surface area contributed by atoms with Crippen molar-refractivity contribution >= 4 is 16.0 Å². The average molecular weight is 344 g/mol. The fourth-order valence-corrected chi connectivity index (χ4v) is 3.36. The molecule has 24 heavy (non-hydrogen) atoms. The summed E-state index contributed by atoms with van der Waals surface area (Å²) in [5.41, 5.74) is 0.895. The zero-order chi connectivity index (χ0) is 17.6. The second-order valence-electron chi connectivity index (χ2n) is 5.02. The highest BCUT2D eigenvalue weighted by atomic mass is 32.2. The molecule has 0 unspecified atom stereocenters. The first-order valence-electron chi connectivity index (χ1n) is 7.15. The third-order valence-electron chi connectivity index (χ3n) is 3.28. The van der Waals surface area contributed by atoms with Gasteiger partial charge in [0.2, 0.25) is 10.0 Å². The number of nitrogens with one attached hydrogen (secondary N) is 1. The summed E-state index contributed by atoms with van der Waals surface area (Å²) in [6.07, 6.45) is 0. The molecule has 1 N–H and O–H groups in total. The van der Waals surface area contributed by atoms with Gasteiger partial charge in [-0.05, 0) is 30.7 Å². The molecular weight excluding hydrogens is 328 g/mol. The molecule has 0 fully saturated rings. The number of hydrogen-bond donors (Lipinski definition) is 1. The maximum atomic E-state index is 12.5. The Morgan fingerprint density at radius 1 is 1.21 bits per heavy atom. The van der Waals surface area contributed by atoms with Crippen LogP contribution in [0, 0.1) is 11.3 Å². The standard InChI is InChI=1S/C17H16N2O4S/c1-13(14-6-3-2-4-7-14)19-24(21,22)16-9-5-8-15(12-16)17(20)23-11-10-18/h2-9,12-13,19H,11H2,1H3/t13-/m0/s1. The Morgan fingerprint density at radius 2 is 1.92 bits per heavy atom. The van der Waals surface area contributed by atoms with E-state index in [1.807, 2.05) is 30.3 Å². The van der Waals surface area contributed by atoms with Gasteiger partial charge in [0.15, 0.2) is 6.61 Å². The monoisotopic (exact) mass is 344 g/mol. The van der Waals surface area contributed by atoms with Crippen LogP contribution < -0.4 is 4.72 Å². The number of benzene rings is 2. The van der Waals surface area contributed by atoms with Gasteiger partial charge >= 0.3 is 5.97 Å². The smallest absolute Gasteiger partial charge is 0.339 e. The molecule has 0 aliphatic carbocycles. The van der Waals surface area contributed by atoms with E-state index in [-0.39, 0.29) is 17.1 Å². The largest absolute Gasteiger partial charge is 0.447 e. The normalized spacial score (nSPS) is 12.2. The van der Waals surface area contributed by atoms with Crippen molar-refractivity contribution in [3.63, 3.8) is 0 Å². The Labute approximate surface area is 140 Å². The van der Waals surface area contributed by atoms with E-state index < -0.39 is 22.0 Å². The Morgan fingerprint density at radius 3 is 2.58 bits per heavy atom. The Hall–Kier alpha value is -2.69. The van der Waals surface area contributed by atoms with Gasteiger partial charge in [-0.2, -0.15) is 5.26 Å². The van der Waals surface area contributed by atoms with Gasteiger partial charge in [-0.15, -0.1) is 0 Å². The lowest BCUT2D eigenvalue weighted by Gasteiger charge is -2.15. The highest BCUT2D eigenvalue weighted by Gasteiger charge is 2.20. The van der Waals surface area contributed by atoms with Gasteiger partial charge in [-0.1, -0.05) is 36.4 Å². The summed E-state index contributed by atoms with van der Waals surface area (Å²) in [4.78, 5) is 11.7. The van der Waals surface area contributed by atoms with Crippen LogP contribution in [0.15, 0.2) is 59.5 Å². The van der Waals surface area contributed by atoms with E-state index in [4.69, 9.17) is 5.26 Å². The minimum atomic E-state index is -3.81. The van der Waals surface area contributed by atoms with Crippen molar-refractivity contribution < 1.29 is 17.9 Å². The Bertz CT molecular complexity index is 858. The summed E-state index contributed by atoms with van der Waals surface area (Å²) in [7, 11) is -3.81. The quantitative estimate of drug-likeness (QED) is 0.812. The van der Waals surface area contributed by atoms with Crippen molar-refractivity contribution in [2.75, 3.05) is 6.61 Å². The molecule has 0 amide bonds. The molecule has 0 aromatic heterocycles. The summed E-state index contributed by atoms with van der Waals surface area (Å²) >= 11 is 0. The average Bonchev–Trinajstić information content (AvgIpc) is 2.60. The molecule has 0 spiro atoms. The van der Waals surface area contributed by atoms with Gasteiger partial charge in [-0.25, -0.2) is 17.9 Å². The van der Waals surface area contributed by atoms with Crippen LogP contribution in [-0.4, -0.2) is 21.0 Å². The fourth-order valence-electron chi connectivity index (χ4n) is 2.08. The molecule has 0 bridgehead atoms. The number of ether oxygens (including phenoxy) is 1. The van der Waals surface area contributed by atoms with E-state index in [0.717, 1.165) is 5.56 Å². The topological polar surface area (TPSA) is 96.3 Å². The predicted octanol–water partition coefficient (Wildman–Crippen LogP) is 2.41. The molecule has 0 aliphatic heterocycles. The molecule has 0 heterocycles. The number of carbonyl (C=O) groups is 1. The second-order valence-corrected chi connectivity index (χ2v) is 6.73. The molecule has 2 aromatic rings. The summed E-state index contributed by atoms with van der Waals surface area (Å²) in [6, 6.07) is 15.9. The molecule has 2 aromatic carbocycles. The van der Waals surface area contributed by atoms with Crippen molar-refractivity contribution in [3.05, 3.63) is 65.7 Å². The van der Waals surface area contributed by atoms with Crippen LogP contribution in [0.2, 0.25) is 0 Å². The van der Waals surface area contributed by atoms with Crippen molar-refractivity contribution in [1.29, 1.82) is 5.26 Å². The molecule has 1 atom stereocenters. The predicted molar refractivity (Wildman–Crippen MR) is 87.5 cm³/mol. The lowest BCUT2D eigenvalue weighted by Crippen LogP contribution is -2.27. The number of carbonyl (C=O) groups excluding carboxylic acids is 1. The van der Waals surface area contributed by atoms with Gasteiger partial charge in [0.1, 0.15) is 6.07 Å². The zero-order valence-corrected chi connectivity index (χ0v) is 13.8. The van der Waals surface area contributed by atoms with Gasteiger partial charge in [0.25, 0.3) is 0 Å². The van der Waals surface area contributed by atoms with Crippen LogP contribution in [0.5, 0.6) is 0 Å². The van der Waals surface area contributed by atoms with Crippen molar-refractivity contribution in [2.45, 2.75) is 17.9 Å². The van der Waals surface area contributed by atoms with E-state index >= 15 is 0 Å². The lowest BCUT2D eigenvalue weighted by atomic mass is 10.1. The molecule has 0 radical (unpaired) electrons. The number of sulfonamides is 1.